The Labute approximate surface area is 152 Å². The number of carbonyl (C=O) groups is 2. The average Bonchev–Trinajstić information content (AvgIpc) is 3.04. The Morgan fingerprint density at radius 3 is 2.62 bits per heavy atom. The van der Waals surface area contributed by atoms with Gasteiger partial charge in [-0.1, -0.05) is 35.9 Å². The zero-order chi connectivity index (χ0) is 18.5. The van der Waals surface area contributed by atoms with E-state index >= 15 is 0 Å². The van der Waals surface area contributed by atoms with Gasteiger partial charge in [0, 0.05) is 37.5 Å². The zero-order valence-electron chi connectivity index (χ0n) is 15.0. The number of hydrogen-bond acceptors (Lipinski definition) is 3. The Balaban J connectivity index is 1.98. The van der Waals surface area contributed by atoms with E-state index in [1.54, 1.807) is 17.7 Å². The van der Waals surface area contributed by atoms with Crippen LogP contribution in [-0.4, -0.2) is 36.4 Å². The normalized spacial score (nSPS) is 10.8. The van der Waals surface area contributed by atoms with Gasteiger partial charge in [-0.15, -0.1) is 0 Å². The molecular weight excluding hydrogens is 328 g/mol. The van der Waals surface area contributed by atoms with Crippen molar-refractivity contribution in [3.63, 3.8) is 0 Å². The number of hydrogen-bond donors (Lipinski definition) is 1. The standard InChI is InChI=1S/C21H22N2O3/c1-15-7-9-16(10-8-15)18-14-17-6-3-4-12-23(17)19(18)20(24)21(25)22-11-5-13-26-2/h3-4,6-10,12,14H,5,11,13H2,1-2H3,(H,22,25). The van der Waals surface area contributed by atoms with Crippen LogP contribution in [-0.2, 0) is 9.53 Å². The van der Waals surface area contributed by atoms with Gasteiger partial charge in [0.2, 0.25) is 0 Å². The van der Waals surface area contributed by atoms with Crippen molar-refractivity contribution >= 4 is 17.2 Å². The predicted octanol–water partition coefficient (Wildman–Crippen LogP) is 3.25. The Morgan fingerprint density at radius 1 is 1.12 bits per heavy atom. The van der Waals surface area contributed by atoms with Gasteiger partial charge in [0.1, 0.15) is 5.69 Å². The van der Waals surface area contributed by atoms with Gasteiger partial charge in [-0.25, -0.2) is 0 Å². The number of aromatic nitrogens is 1. The van der Waals surface area contributed by atoms with Crippen LogP contribution >= 0.6 is 0 Å². The number of rotatable bonds is 7. The zero-order valence-corrected chi connectivity index (χ0v) is 15.0. The van der Waals surface area contributed by atoms with E-state index in [1.807, 2.05) is 55.5 Å². The second kappa shape index (κ2) is 7.97. The number of benzene rings is 1. The third-order valence-electron chi connectivity index (χ3n) is 4.27. The molecule has 0 saturated carbocycles. The van der Waals surface area contributed by atoms with Gasteiger partial charge < -0.3 is 14.5 Å². The average molecular weight is 350 g/mol. The van der Waals surface area contributed by atoms with Crippen molar-refractivity contribution in [2.75, 3.05) is 20.3 Å². The van der Waals surface area contributed by atoms with Crippen LogP contribution in [0, 0.1) is 6.92 Å². The second-order valence-corrected chi connectivity index (χ2v) is 6.20. The van der Waals surface area contributed by atoms with E-state index in [4.69, 9.17) is 4.74 Å². The molecule has 2 aromatic heterocycles. The van der Waals surface area contributed by atoms with Crippen molar-refractivity contribution in [3.05, 3.63) is 66.0 Å². The van der Waals surface area contributed by atoms with Gasteiger partial charge in [-0.2, -0.15) is 0 Å². The number of pyridine rings is 1. The van der Waals surface area contributed by atoms with Gasteiger partial charge in [0.05, 0.1) is 0 Å². The molecule has 0 aliphatic heterocycles. The molecule has 0 atom stereocenters. The fraction of sp³-hybridized carbons (Fsp3) is 0.238. The lowest BCUT2D eigenvalue weighted by Gasteiger charge is -2.08. The number of ketones is 1. The predicted molar refractivity (Wildman–Crippen MR) is 101 cm³/mol. The molecule has 0 aliphatic rings. The smallest absolute Gasteiger partial charge is 0.294 e. The van der Waals surface area contributed by atoms with Gasteiger partial charge in [0.15, 0.2) is 0 Å². The van der Waals surface area contributed by atoms with Gasteiger partial charge in [0.25, 0.3) is 11.7 Å². The van der Waals surface area contributed by atoms with Crippen molar-refractivity contribution in [2.45, 2.75) is 13.3 Å². The van der Waals surface area contributed by atoms with Crippen LogP contribution in [0.2, 0.25) is 0 Å². The van der Waals surface area contributed by atoms with E-state index in [1.165, 1.54) is 0 Å². The van der Waals surface area contributed by atoms with Crippen molar-refractivity contribution in [3.8, 4) is 11.1 Å². The van der Waals surface area contributed by atoms with E-state index < -0.39 is 11.7 Å². The highest BCUT2D eigenvalue weighted by Crippen LogP contribution is 2.28. The van der Waals surface area contributed by atoms with E-state index in [9.17, 15) is 9.59 Å². The van der Waals surface area contributed by atoms with Gasteiger partial charge in [-0.05, 0) is 37.1 Å². The number of ether oxygens (including phenoxy) is 1. The molecule has 5 nitrogen and oxygen atoms in total. The first-order valence-electron chi connectivity index (χ1n) is 8.60. The number of fused-ring (bicyclic) bond motifs is 1. The van der Waals surface area contributed by atoms with E-state index in [0.717, 1.165) is 22.2 Å². The summed E-state index contributed by atoms with van der Waals surface area (Å²) in [5.74, 6) is -1.14. The minimum absolute atomic E-state index is 0.383. The summed E-state index contributed by atoms with van der Waals surface area (Å²) < 4.78 is 6.73. The van der Waals surface area contributed by atoms with Crippen molar-refractivity contribution < 1.29 is 14.3 Å². The van der Waals surface area contributed by atoms with Crippen LogP contribution < -0.4 is 5.32 Å². The summed E-state index contributed by atoms with van der Waals surface area (Å²) >= 11 is 0. The van der Waals surface area contributed by atoms with E-state index in [2.05, 4.69) is 5.32 Å². The topological polar surface area (TPSA) is 59.8 Å². The number of nitrogens with one attached hydrogen (secondary N) is 1. The Morgan fingerprint density at radius 2 is 1.88 bits per heavy atom. The molecule has 0 fully saturated rings. The minimum Gasteiger partial charge on any atom is -0.385 e. The Hall–Kier alpha value is -2.92. The molecule has 0 unspecified atom stereocenters. The van der Waals surface area contributed by atoms with Crippen LogP contribution in [0.4, 0.5) is 0 Å². The van der Waals surface area contributed by atoms with Crippen LogP contribution in [0.5, 0.6) is 0 Å². The molecule has 2 heterocycles. The quantitative estimate of drug-likeness (QED) is 0.404. The van der Waals surface area contributed by atoms with Crippen molar-refractivity contribution in [1.29, 1.82) is 0 Å². The van der Waals surface area contributed by atoms with Crippen LogP contribution in [0.1, 0.15) is 22.5 Å². The number of carbonyl (C=O) groups excluding carboxylic acids is 2. The number of aryl methyl sites for hydroxylation is 1. The third kappa shape index (κ3) is 3.68. The van der Waals surface area contributed by atoms with E-state index in [-0.39, 0.29) is 0 Å². The van der Waals surface area contributed by atoms with Gasteiger partial charge in [-0.3, -0.25) is 9.59 Å². The highest BCUT2D eigenvalue weighted by atomic mass is 16.5. The molecule has 3 aromatic rings. The van der Waals surface area contributed by atoms with Crippen LogP contribution in [0.3, 0.4) is 0 Å². The highest BCUT2D eigenvalue weighted by molar-refractivity contribution is 6.43. The lowest BCUT2D eigenvalue weighted by Crippen LogP contribution is -2.33. The third-order valence-corrected chi connectivity index (χ3v) is 4.27. The summed E-state index contributed by atoms with van der Waals surface area (Å²) in [5, 5.41) is 2.68. The fourth-order valence-corrected chi connectivity index (χ4v) is 2.91. The minimum atomic E-state index is -0.599. The number of methoxy groups -OCH3 is 1. The molecule has 134 valence electrons. The van der Waals surface area contributed by atoms with Gasteiger partial charge >= 0.3 is 0 Å². The largest absolute Gasteiger partial charge is 0.385 e. The molecule has 0 bridgehead atoms. The lowest BCUT2D eigenvalue weighted by atomic mass is 10.0. The molecule has 1 amide bonds. The molecule has 1 aromatic carbocycles. The number of amides is 1. The van der Waals surface area contributed by atoms with Crippen LogP contribution in [0.15, 0.2) is 54.7 Å². The first-order valence-corrected chi connectivity index (χ1v) is 8.60. The summed E-state index contributed by atoms with van der Waals surface area (Å²) in [5.41, 5.74) is 4.07. The maximum atomic E-state index is 12.9. The molecule has 5 heteroatoms. The molecule has 1 N–H and O–H groups in total. The van der Waals surface area contributed by atoms with E-state index in [0.29, 0.717) is 25.3 Å². The molecular formula is C21H22N2O3. The Kier molecular flexibility index (Phi) is 5.49. The first kappa shape index (κ1) is 17.9. The number of Topliss-reactive ketones (excluding diaryl/α,β-unsaturated/α-hetero) is 1. The summed E-state index contributed by atoms with van der Waals surface area (Å²) in [7, 11) is 1.60. The molecule has 0 spiro atoms. The van der Waals surface area contributed by atoms with Crippen molar-refractivity contribution in [2.24, 2.45) is 0 Å². The molecule has 26 heavy (non-hydrogen) atoms. The first-order chi connectivity index (χ1) is 12.6. The maximum Gasteiger partial charge on any atom is 0.294 e. The molecule has 0 aliphatic carbocycles. The second-order valence-electron chi connectivity index (χ2n) is 6.20. The molecule has 0 radical (unpaired) electrons. The summed E-state index contributed by atoms with van der Waals surface area (Å²) in [4.78, 5) is 25.3. The maximum absolute atomic E-state index is 12.9. The van der Waals surface area contributed by atoms with Crippen LogP contribution in [0.25, 0.3) is 16.6 Å². The Bertz CT molecular complexity index is 926. The summed E-state index contributed by atoms with van der Waals surface area (Å²) in [6, 6.07) is 15.6. The summed E-state index contributed by atoms with van der Waals surface area (Å²) in [6.07, 6.45) is 2.47. The molecule has 0 saturated heterocycles. The lowest BCUT2D eigenvalue weighted by molar-refractivity contribution is -0.117. The number of nitrogens with zero attached hydrogens (tertiary/aromatic N) is 1. The molecule has 3 rings (SSSR count). The highest BCUT2D eigenvalue weighted by Gasteiger charge is 2.24. The summed E-state index contributed by atoms with van der Waals surface area (Å²) in [6.45, 7) is 2.96. The fourth-order valence-electron chi connectivity index (χ4n) is 2.91. The monoisotopic (exact) mass is 350 g/mol. The SMILES string of the molecule is COCCCNC(=O)C(=O)c1c(-c2ccc(C)cc2)cc2ccccn12. The van der Waals surface area contributed by atoms with Crippen molar-refractivity contribution in [1.82, 2.24) is 9.72 Å².